The zero-order valence-corrected chi connectivity index (χ0v) is 15.4. The van der Waals surface area contributed by atoms with E-state index in [1.165, 1.54) is 11.6 Å². The number of nitrogens with one attached hydrogen (secondary N) is 2. The van der Waals surface area contributed by atoms with E-state index >= 15 is 0 Å². The van der Waals surface area contributed by atoms with Gasteiger partial charge in [0, 0.05) is 12.2 Å². The fraction of sp³-hybridized carbons (Fsp3) is 0.318. The zero-order valence-electron chi connectivity index (χ0n) is 15.4. The maximum Gasteiger partial charge on any atom is 0.119 e. The average Bonchev–Trinajstić information content (AvgIpc) is 2.66. The molecule has 0 aliphatic heterocycles. The molecule has 4 heteroatoms. The lowest BCUT2D eigenvalue weighted by Gasteiger charge is -2.12. The lowest BCUT2D eigenvalue weighted by molar-refractivity contribution is 0.304. The van der Waals surface area contributed by atoms with Gasteiger partial charge in [-0.1, -0.05) is 48.7 Å². The number of aryl methyl sites for hydroxylation is 1. The molecule has 2 N–H and O–H groups in total. The van der Waals surface area contributed by atoms with Crippen LogP contribution in [0.1, 0.15) is 31.2 Å². The normalized spacial score (nSPS) is 10.8. The van der Waals surface area contributed by atoms with Crippen LogP contribution in [0, 0.1) is 18.3 Å². The maximum atomic E-state index is 8.90. The van der Waals surface area contributed by atoms with Crippen molar-refractivity contribution >= 4 is 5.69 Å². The quantitative estimate of drug-likeness (QED) is 0.443. The van der Waals surface area contributed by atoms with Crippen molar-refractivity contribution in [3.05, 3.63) is 72.1 Å². The van der Waals surface area contributed by atoms with Gasteiger partial charge in [0.05, 0.1) is 18.8 Å². The van der Waals surface area contributed by atoms with E-state index < -0.39 is 0 Å². The number of allylic oxidation sites excluding steroid dienone is 1. The van der Waals surface area contributed by atoms with E-state index in [4.69, 9.17) is 10.00 Å². The van der Waals surface area contributed by atoms with Crippen molar-refractivity contribution in [2.75, 3.05) is 18.5 Å². The first-order valence-corrected chi connectivity index (χ1v) is 9.13. The predicted octanol–water partition coefficient (Wildman–Crippen LogP) is 5.00. The highest BCUT2D eigenvalue weighted by atomic mass is 16.5. The van der Waals surface area contributed by atoms with Crippen LogP contribution in [0.2, 0.25) is 0 Å². The summed E-state index contributed by atoms with van der Waals surface area (Å²) in [5, 5.41) is 15.4. The number of hydrogen-bond acceptors (Lipinski definition) is 4. The molecule has 0 amide bonds. The Hall–Kier alpha value is -2.93. The number of unbranched alkanes of at least 4 members (excludes halogenated alkanes) is 3. The summed E-state index contributed by atoms with van der Waals surface area (Å²) < 4.78 is 5.73. The van der Waals surface area contributed by atoms with Crippen molar-refractivity contribution in [2.45, 2.75) is 32.6 Å². The summed E-state index contributed by atoms with van der Waals surface area (Å²) in [5.74, 6) is 1.68. The molecule has 0 atom stereocenters. The van der Waals surface area contributed by atoms with Gasteiger partial charge in [-0.25, -0.2) is 0 Å². The molecule has 0 aliphatic rings. The molecule has 2 rings (SSSR count). The minimum Gasteiger partial charge on any atom is -0.494 e. The van der Waals surface area contributed by atoms with Crippen LogP contribution in [-0.4, -0.2) is 13.2 Å². The van der Waals surface area contributed by atoms with Gasteiger partial charge >= 0.3 is 0 Å². The van der Waals surface area contributed by atoms with Crippen molar-refractivity contribution in [1.29, 1.82) is 5.26 Å². The molecule has 0 aromatic heterocycles. The molecule has 0 radical (unpaired) electrons. The second-order valence-electron chi connectivity index (χ2n) is 6.18. The van der Waals surface area contributed by atoms with Gasteiger partial charge in [0.1, 0.15) is 11.6 Å². The van der Waals surface area contributed by atoms with E-state index in [2.05, 4.69) is 35.8 Å². The highest BCUT2D eigenvalue weighted by Gasteiger charge is 1.98. The summed E-state index contributed by atoms with van der Waals surface area (Å²) in [6.45, 7) is 3.67. The molecule has 4 nitrogen and oxygen atoms in total. The van der Waals surface area contributed by atoms with Crippen LogP contribution in [0.15, 0.2) is 66.5 Å². The predicted molar refractivity (Wildman–Crippen MR) is 107 cm³/mol. The molecule has 2 aromatic carbocycles. The van der Waals surface area contributed by atoms with Gasteiger partial charge < -0.3 is 15.4 Å². The first-order chi connectivity index (χ1) is 12.8. The molecule has 2 aromatic rings. The lowest BCUT2D eigenvalue weighted by atomic mass is 10.2. The van der Waals surface area contributed by atoms with Crippen LogP contribution in [0.3, 0.4) is 0 Å². The number of anilines is 1. The van der Waals surface area contributed by atoms with Crippen molar-refractivity contribution in [2.24, 2.45) is 0 Å². The Balaban J connectivity index is 1.55. The molecule has 26 heavy (non-hydrogen) atoms. The summed E-state index contributed by atoms with van der Waals surface area (Å²) in [6, 6.07) is 20.1. The Morgan fingerprint density at radius 3 is 2.46 bits per heavy atom. The largest absolute Gasteiger partial charge is 0.494 e. The fourth-order valence-electron chi connectivity index (χ4n) is 2.50. The summed E-state index contributed by atoms with van der Waals surface area (Å²) in [6.07, 6.45) is 5.88. The first kappa shape index (κ1) is 19.4. The number of hydrogen-bond donors (Lipinski definition) is 2. The van der Waals surface area contributed by atoms with E-state index in [0.29, 0.717) is 0 Å². The minimum absolute atomic E-state index is 0.737. The zero-order chi connectivity index (χ0) is 18.5. The topological polar surface area (TPSA) is 57.1 Å². The molecule has 0 unspecified atom stereocenters. The van der Waals surface area contributed by atoms with Gasteiger partial charge in [0.25, 0.3) is 0 Å². The number of para-hydroxylation sites is 1. The molecule has 0 spiro atoms. The highest BCUT2D eigenvalue weighted by molar-refractivity contribution is 5.48. The van der Waals surface area contributed by atoms with Crippen LogP contribution < -0.4 is 15.4 Å². The van der Waals surface area contributed by atoms with E-state index in [0.717, 1.165) is 56.1 Å². The third kappa shape index (κ3) is 7.76. The molecule has 0 fully saturated rings. The van der Waals surface area contributed by atoms with Crippen LogP contribution in [-0.2, 0) is 0 Å². The Bertz CT molecular complexity index is 702. The van der Waals surface area contributed by atoms with Gasteiger partial charge in [0.2, 0.25) is 0 Å². The number of benzene rings is 2. The van der Waals surface area contributed by atoms with Crippen LogP contribution >= 0.6 is 0 Å². The molecule has 0 aliphatic carbocycles. The first-order valence-electron chi connectivity index (χ1n) is 9.13. The summed E-state index contributed by atoms with van der Waals surface area (Å²) in [7, 11) is 0. The van der Waals surface area contributed by atoms with Crippen LogP contribution in [0.25, 0.3) is 0 Å². The van der Waals surface area contributed by atoms with Crippen LogP contribution in [0.5, 0.6) is 5.75 Å². The smallest absolute Gasteiger partial charge is 0.119 e. The Kier molecular flexibility index (Phi) is 8.65. The monoisotopic (exact) mass is 349 g/mol. The summed E-state index contributed by atoms with van der Waals surface area (Å²) in [4.78, 5) is 0. The number of ether oxygens (including phenoxy) is 1. The number of rotatable bonds is 11. The molecule has 0 saturated heterocycles. The van der Waals surface area contributed by atoms with Gasteiger partial charge in [-0.15, -0.1) is 0 Å². The van der Waals surface area contributed by atoms with Gasteiger partial charge in [-0.05, 0) is 44.0 Å². The summed E-state index contributed by atoms with van der Waals surface area (Å²) >= 11 is 0. The van der Waals surface area contributed by atoms with E-state index in [1.54, 1.807) is 0 Å². The van der Waals surface area contributed by atoms with E-state index in [9.17, 15) is 0 Å². The van der Waals surface area contributed by atoms with E-state index in [1.807, 2.05) is 42.5 Å². The van der Waals surface area contributed by atoms with Crippen LogP contribution in [0.4, 0.5) is 5.69 Å². The Labute approximate surface area is 156 Å². The van der Waals surface area contributed by atoms with Crippen molar-refractivity contribution in [1.82, 2.24) is 5.32 Å². The van der Waals surface area contributed by atoms with Gasteiger partial charge in [0.15, 0.2) is 0 Å². The van der Waals surface area contributed by atoms with Crippen molar-refractivity contribution < 1.29 is 4.74 Å². The molecular weight excluding hydrogens is 322 g/mol. The molecule has 0 bridgehead atoms. The molecule has 0 saturated carbocycles. The van der Waals surface area contributed by atoms with Gasteiger partial charge in [-0.3, -0.25) is 0 Å². The standard InChI is InChI=1S/C22H27N3O/c1-19-11-13-21(14-12-19)26-18-8-3-2-7-17-24-22(15-16-23)25-20-9-5-4-6-10-20/h4-6,9-15,24-25H,2-3,7-8,17-18H2,1H3/b22-15+. The lowest BCUT2D eigenvalue weighted by Crippen LogP contribution is -2.20. The molecular formula is C22H27N3O. The highest BCUT2D eigenvalue weighted by Crippen LogP contribution is 2.12. The van der Waals surface area contributed by atoms with Crippen molar-refractivity contribution in [3.63, 3.8) is 0 Å². The molecule has 0 heterocycles. The maximum absolute atomic E-state index is 8.90. The molecule has 136 valence electrons. The Morgan fingerprint density at radius 1 is 1.00 bits per heavy atom. The Morgan fingerprint density at radius 2 is 1.73 bits per heavy atom. The van der Waals surface area contributed by atoms with E-state index in [-0.39, 0.29) is 0 Å². The average molecular weight is 349 g/mol. The van der Waals surface area contributed by atoms with Crippen molar-refractivity contribution in [3.8, 4) is 11.8 Å². The number of nitrogens with zero attached hydrogens (tertiary/aromatic N) is 1. The third-order valence-electron chi connectivity index (χ3n) is 3.94. The third-order valence-corrected chi connectivity index (χ3v) is 3.94. The second-order valence-corrected chi connectivity index (χ2v) is 6.18. The van der Waals surface area contributed by atoms with Gasteiger partial charge in [-0.2, -0.15) is 5.26 Å². The summed E-state index contributed by atoms with van der Waals surface area (Å²) in [5.41, 5.74) is 2.21. The number of nitriles is 1. The second kappa shape index (κ2) is 11.6. The minimum atomic E-state index is 0.737. The fourth-order valence-corrected chi connectivity index (χ4v) is 2.50. The SMILES string of the molecule is Cc1ccc(OCCCCCCN/C(=C\C#N)Nc2ccccc2)cc1.